The van der Waals surface area contributed by atoms with Crippen LogP contribution in [0.2, 0.25) is 5.02 Å². The van der Waals surface area contributed by atoms with E-state index in [-0.39, 0.29) is 23.9 Å². The van der Waals surface area contributed by atoms with E-state index in [0.717, 1.165) is 0 Å². The third kappa shape index (κ3) is 3.68. The number of hydrogen-bond acceptors (Lipinski definition) is 2. The highest BCUT2D eigenvalue weighted by Gasteiger charge is 2.17. The molecule has 0 aromatic heterocycles. The monoisotopic (exact) mass is 258 g/mol. The first-order valence-corrected chi connectivity index (χ1v) is 5.77. The fourth-order valence-electron chi connectivity index (χ4n) is 1.30. The Balaban J connectivity index is 2.65. The lowest BCUT2D eigenvalue weighted by Gasteiger charge is -2.15. The fourth-order valence-corrected chi connectivity index (χ4v) is 1.53. The Hall–Kier alpha value is -1.13. The van der Waals surface area contributed by atoms with E-state index in [2.05, 4.69) is 5.32 Å². The maximum atomic E-state index is 13.4. The molecule has 1 amide bonds. The average molecular weight is 259 g/mol. The molecule has 94 valence electrons. The van der Waals surface area contributed by atoms with E-state index in [0.29, 0.717) is 5.02 Å². The SMILES string of the molecule is CC(C)[C@H](N)C(=O)NCc1c(F)cccc1Cl. The van der Waals surface area contributed by atoms with Gasteiger partial charge in [-0.25, -0.2) is 4.39 Å². The minimum absolute atomic E-state index is 0.0334. The second-order valence-electron chi connectivity index (χ2n) is 4.19. The molecule has 0 bridgehead atoms. The van der Waals surface area contributed by atoms with Crippen LogP contribution in [0.3, 0.4) is 0 Å². The summed E-state index contributed by atoms with van der Waals surface area (Å²) in [5.41, 5.74) is 5.94. The van der Waals surface area contributed by atoms with Gasteiger partial charge < -0.3 is 11.1 Å². The van der Waals surface area contributed by atoms with Gasteiger partial charge in [0.05, 0.1) is 6.04 Å². The number of halogens is 2. The number of benzene rings is 1. The molecule has 0 saturated heterocycles. The third-order valence-electron chi connectivity index (χ3n) is 2.52. The summed E-state index contributed by atoms with van der Waals surface area (Å²) in [4.78, 5) is 11.6. The molecule has 1 atom stereocenters. The number of nitrogens with one attached hydrogen (secondary N) is 1. The van der Waals surface area contributed by atoms with Gasteiger partial charge in [-0.2, -0.15) is 0 Å². The van der Waals surface area contributed by atoms with E-state index in [1.165, 1.54) is 12.1 Å². The van der Waals surface area contributed by atoms with Gasteiger partial charge in [0.15, 0.2) is 0 Å². The molecule has 0 spiro atoms. The zero-order valence-electron chi connectivity index (χ0n) is 9.84. The number of hydrogen-bond donors (Lipinski definition) is 2. The molecule has 0 heterocycles. The van der Waals surface area contributed by atoms with Gasteiger partial charge in [0.1, 0.15) is 5.82 Å². The van der Waals surface area contributed by atoms with Crippen molar-refractivity contribution in [3.05, 3.63) is 34.6 Å². The molecule has 3 N–H and O–H groups in total. The van der Waals surface area contributed by atoms with Gasteiger partial charge in [-0.1, -0.05) is 31.5 Å². The first-order valence-electron chi connectivity index (χ1n) is 5.39. The van der Waals surface area contributed by atoms with Gasteiger partial charge in [0.2, 0.25) is 5.91 Å². The topological polar surface area (TPSA) is 55.1 Å². The second kappa shape index (κ2) is 5.98. The Morgan fingerprint density at radius 3 is 2.71 bits per heavy atom. The first-order chi connectivity index (χ1) is 7.93. The summed E-state index contributed by atoms with van der Waals surface area (Å²) < 4.78 is 13.4. The molecule has 1 rings (SSSR count). The lowest BCUT2D eigenvalue weighted by Crippen LogP contribution is -2.43. The van der Waals surface area contributed by atoms with Crippen LogP contribution in [-0.2, 0) is 11.3 Å². The highest BCUT2D eigenvalue weighted by Crippen LogP contribution is 2.18. The molecule has 0 fully saturated rings. The van der Waals surface area contributed by atoms with Gasteiger partial charge in [-0.3, -0.25) is 4.79 Å². The molecule has 0 aliphatic rings. The van der Waals surface area contributed by atoms with Crippen molar-refractivity contribution in [3.63, 3.8) is 0 Å². The Bertz CT molecular complexity index is 389. The highest BCUT2D eigenvalue weighted by atomic mass is 35.5. The minimum atomic E-state index is -0.597. The molecule has 1 aromatic carbocycles. The van der Waals surface area contributed by atoms with Crippen LogP contribution in [0.5, 0.6) is 0 Å². The van der Waals surface area contributed by atoms with Crippen LogP contribution in [-0.4, -0.2) is 11.9 Å². The Labute approximate surface area is 105 Å². The Morgan fingerprint density at radius 1 is 1.53 bits per heavy atom. The predicted molar refractivity (Wildman–Crippen MR) is 66.1 cm³/mol. The van der Waals surface area contributed by atoms with Crippen LogP contribution in [0.25, 0.3) is 0 Å². The van der Waals surface area contributed by atoms with Crippen molar-refractivity contribution in [2.45, 2.75) is 26.4 Å². The smallest absolute Gasteiger partial charge is 0.237 e. The zero-order chi connectivity index (χ0) is 13.0. The van der Waals surface area contributed by atoms with Crippen molar-refractivity contribution in [1.82, 2.24) is 5.32 Å². The summed E-state index contributed by atoms with van der Waals surface area (Å²) in [5, 5.41) is 2.87. The highest BCUT2D eigenvalue weighted by molar-refractivity contribution is 6.31. The van der Waals surface area contributed by atoms with Crippen LogP contribution in [0, 0.1) is 11.7 Å². The summed E-state index contributed by atoms with van der Waals surface area (Å²) in [5.74, 6) is -0.707. The van der Waals surface area contributed by atoms with E-state index < -0.39 is 11.9 Å². The first kappa shape index (κ1) is 13.9. The molecule has 0 saturated carbocycles. The third-order valence-corrected chi connectivity index (χ3v) is 2.88. The van der Waals surface area contributed by atoms with E-state index >= 15 is 0 Å². The maximum absolute atomic E-state index is 13.4. The van der Waals surface area contributed by atoms with E-state index in [1.54, 1.807) is 6.07 Å². The molecular weight excluding hydrogens is 243 g/mol. The standard InChI is InChI=1S/C12H16ClFN2O/c1-7(2)11(15)12(17)16-6-8-9(13)4-3-5-10(8)14/h3-5,7,11H,6,15H2,1-2H3,(H,16,17)/t11-/m0/s1. The fraction of sp³-hybridized carbons (Fsp3) is 0.417. The maximum Gasteiger partial charge on any atom is 0.237 e. The molecule has 0 aliphatic heterocycles. The van der Waals surface area contributed by atoms with Crippen LogP contribution in [0.15, 0.2) is 18.2 Å². The van der Waals surface area contributed by atoms with Crippen LogP contribution < -0.4 is 11.1 Å². The summed E-state index contributed by atoms with van der Waals surface area (Å²) in [6.07, 6.45) is 0. The summed E-state index contributed by atoms with van der Waals surface area (Å²) in [7, 11) is 0. The number of carbonyl (C=O) groups excluding carboxylic acids is 1. The molecular formula is C12H16ClFN2O. The van der Waals surface area contributed by atoms with Crippen molar-refractivity contribution in [2.24, 2.45) is 11.7 Å². The predicted octanol–water partition coefficient (Wildman–Crippen LogP) is 2.08. The van der Waals surface area contributed by atoms with Gasteiger partial charge in [0, 0.05) is 17.1 Å². The van der Waals surface area contributed by atoms with Crippen molar-refractivity contribution < 1.29 is 9.18 Å². The molecule has 1 aromatic rings. The largest absolute Gasteiger partial charge is 0.351 e. The average Bonchev–Trinajstić information content (AvgIpc) is 2.26. The van der Waals surface area contributed by atoms with E-state index in [1.807, 2.05) is 13.8 Å². The molecule has 0 unspecified atom stereocenters. The molecule has 0 radical (unpaired) electrons. The zero-order valence-corrected chi connectivity index (χ0v) is 10.6. The number of nitrogens with two attached hydrogens (primary N) is 1. The van der Waals surface area contributed by atoms with Crippen LogP contribution in [0.1, 0.15) is 19.4 Å². The number of rotatable bonds is 4. The van der Waals surface area contributed by atoms with Crippen molar-refractivity contribution >= 4 is 17.5 Å². The number of amides is 1. The van der Waals surface area contributed by atoms with Crippen molar-refractivity contribution in [2.75, 3.05) is 0 Å². The Morgan fingerprint density at radius 2 is 2.18 bits per heavy atom. The van der Waals surface area contributed by atoms with Gasteiger partial charge >= 0.3 is 0 Å². The molecule has 17 heavy (non-hydrogen) atoms. The quantitative estimate of drug-likeness (QED) is 0.869. The van der Waals surface area contributed by atoms with Crippen molar-refractivity contribution in [1.29, 1.82) is 0 Å². The summed E-state index contributed by atoms with van der Waals surface area (Å²) in [6, 6.07) is 3.80. The second-order valence-corrected chi connectivity index (χ2v) is 4.60. The Kier molecular flexibility index (Phi) is 4.90. The van der Waals surface area contributed by atoms with Gasteiger partial charge in [0.25, 0.3) is 0 Å². The summed E-state index contributed by atoms with van der Waals surface area (Å²) >= 11 is 5.83. The summed E-state index contributed by atoms with van der Waals surface area (Å²) in [6.45, 7) is 3.74. The van der Waals surface area contributed by atoms with E-state index in [9.17, 15) is 9.18 Å². The lowest BCUT2D eigenvalue weighted by molar-refractivity contribution is -0.123. The minimum Gasteiger partial charge on any atom is -0.351 e. The van der Waals surface area contributed by atoms with Gasteiger partial charge in [-0.05, 0) is 18.1 Å². The molecule has 0 aliphatic carbocycles. The molecule has 3 nitrogen and oxygen atoms in total. The van der Waals surface area contributed by atoms with Gasteiger partial charge in [-0.15, -0.1) is 0 Å². The molecule has 5 heteroatoms. The van der Waals surface area contributed by atoms with E-state index in [4.69, 9.17) is 17.3 Å². The number of carbonyl (C=O) groups is 1. The van der Waals surface area contributed by atoms with Crippen molar-refractivity contribution in [3.8, 4) is 0 Å². The normalized spacial score (nSPS) is 12.6. The van der Waals surface area contributed by atoms with Crippen LogP contribution in [0.4, 0.5) is 4.39 Å². The van der Waals surface area contributed by atoms with Crippen LogP contribution >= 0.6 is 11.6 Å². The lowest BCUT2D eigenvalue weighted by atomic mass is 10.0.